The second-order valence-corrected chi connectivity index (χ2v) is 13.1. The normalized spacial score (nSPS) is 12.2. The lowest BCUT2D eigenvalue weighted by Crippen LogP contribution is -2.41. The highest BCUT2D eigenvalue weighted by Crippen LogP contribution is 2.36. The highest BCUT2D eigenvalue weighted by molar-refractivity contribution is 6.74. The third-order valence-corrected chi connectivity index (χ3v) is 9.84. The summed E-state index contributed by atoms with van der Waals surface area (Å²) in [5, 5.41) is 0.284. The topological polar surface area (TPSA) is 9.23 Å². The molecular weight excluding hydrogens is 320 g/mol. The zero-order valence-corrected chi connectivity index (χ0v) is 17.4. The van der Waals surface area contributed by atoms with Crippen LogP contribution in [0, 0.1) is 0 Å². The van der Waals surface area contributed by atoms with Gasteiger partial charge in [0.2, 0.25) is 0 Å². The van der Waals surface area contributed by atoms with Gasteiger partial charge >= 0.3 is 0 Å². The third-order valence-electron chi connectivity index (χ3n) is 5.30. The van der Waals surface area contributed by atoms with E-state index in [9.17, 15) is 0 Å². The molecule has 0 aliphatic carbocycles. The summed E-state index contributed by atoms with van der Waals surface area (Å²) < 4.78 is 6.26. The summed E-state index contributed by atoms with van der Waals surface area (Å²) in [7, 11) is -1.62. The lowest BCUT2D eigenvalue weighted by Gasteiger charge is -2.36. The zero-order valence-electron chi connectivity index (χ0n) is 16.4. The van der Waals surface area contributed by atoms with Gasteiger partial charge in [-0.25, -0.2) is 0 Å². The van der Waals surface area contributed by atoms with E-state index in [1.54, 1.807) is 0 Å². The van der Waals surface area contributed by atoms with Crippen LogP contribution < -0.4 is 0 Å². The minimum Gasteiger partial charge on any atom is -0.417 e. The molecule has 0 N–H and O–H groups in total. The van der Waals surface area contributed by atoms with E-state index in [2.05, 4.69) is 89.0 Å². The number of aryl methyl sites for hydroxylation is 1. The largest absolute Gasteiger partial charge is 0.417 e. The van der Waals surface area contributed by atoms with Crippen molar-refractivity contribution in [2.45, 2.75) is 51.7 Å². The maximum atomic E-state index is 6.26. The summed E-state index contributed by atoms with van der Waals surface area (Å²) in [6.07, 6.45) is 2.14. The average Bonchev–Trinajstić information content (AvgIpc) is 2.58. The molecule has 0 heterocycles. The van der Waals surface area contributed by atoms with Gasteiger partial charge in [0.05, 0.1) is 0 Å². The first-order valence-electron chi connectivity index (χ1n) is 9.18. The van der Waals surface area contributed by atoms with E-state index in [1.807, 2.05) is 6.07 Å². The van der Waals surface area contributed by atoms with Crippen LogP contribution in [0.3, 0.4) is 0 Å². The minimum atomic E-state index is -1.62. The average molecular weight is 353 g/mol. The van der Waals surface area contributed by atoms with Gasteiger partial charge in [-0.1, -0.05) is 81.9 Å². The van der Waals surface area contributed by atoms with Crippen LogP contribution in [0.25, 0.3) is 5.57 Å². The molecule has 2 aromatic rings. The molecule has 1 nitrogen and oxygen atoms in total. The maximum absolute atomic E-state index is 6.26. The van der Waals surface area contributed by atoms with Gasteiger partial charge in [0.25, 0.3) is 0 Å². The predicted octanol–water partition coefficient (Wildman–Crippen LogP) is 6.70. The van der Waals surface area contributed by atoms with Gasteiger partial charge in [-0.2, -0.15) is 0 Å². The highest BCUT2D eigenvalue weighted by atomic mass is 28.4. The number of benzene rings is 2. The van der Waals surface area contributed by atoms with Gasteiger partial charge in [-0.15, -0.1) is 0 Å². The van der Waals surface area contributed by atoms with E-state index in [0.29, 0.717) is 0 Å². The molecule has 0 unspecified atom stereocenters. The highest BCUT2D eigenvalue weighted by Gasteiger charge is 2.36. The fourth-order valence-electron chi connectivity index (χ4n) is 2.50. The molecular formula is C23H32OSi. The Balaban J connectivity index is 1.86. The molecule has 0 saturated carbocycles. The maximum Gasteiger partial charge on any atom is 0.191 e. The van der Waals surface area contributed by atoms with Crippen LogP contribution in [0.2, 0.25) is 18.1 Å². The summed E-state index contributed by atoms with van der Waals surface area (Å²) in [5.74, 6) is 0. The number of hydrogen-bond donors (Lipinski definition) is 0. The Bertz CT molecular complexity index is 678. The van der Waals surface area contributed by atoms with Gasteiger partial charge in [-0.05, 0) is 53.2 Å². The fraction of sp³-hybridized carbons (Fsp3) is 0.391. The van der Waals surface area contributed by atoms with Crippen LogP contribution in [0.15, 0.2) is 61.2 Å². The molecule has 2 heteroatoms. The van der Waals surface area contributed by atoms with Crippen molar-refractivity contribution in [1.29, 1.82) is 0 Å². The van der Waals surface area contributed by atoms with E-state index in [1.165, 1.54) is 16.7 Å². The van der Waals surface area contributed by atoms with Crippen LogP contribution in [0.5, 0.6) is 0 Å². The van der Waals surface area contributed by atoms with Crippen molar-refractivity contribution in [3.63, 3.8) is 0 Å². The van der Waals surface area contributed by atoms with E-state index in [0.717, 1.165) is 25.0 Å². The summed E-state index contributed by atoms with van der Waals surface area (Å²) in [6.45, 7) is 16.6. The lowest BCUT2D eigenvalue weighted by molar-refractivity contribution is 0.282. The van der Waals surface area contributed by atoms with Gasteiger partial charge in [0.1, 0.15) is 0 Å². The van der Waals surface area contributed by atoms with Gasteiger partial charge in [0.15, 0.2) is 8.32 Å². The number of rotatable bonds is 7. The Labute approximate surface area is 154 Å². The molecule has 0 aliphatic rings. The molecule has 0 fully saturated rings. The van der Waals surface area contributed by atoms with Crippen molar-refractivity contribution in [2.75, 3.05) is 6.61 Å². The lowest BCUT2D eigenvalue weighted by atomic mass is 9.98. The minimum absolute atomic E-state index is 0.284. The van der Waals surface area contributed by atoms with Crippen LogP contribution in [0.1, 0.15) is 43.9 Å². The molecule has 0 radical (unpaired) electrons. The molecule has 0 aliphatic heterocycles. The number of hydrogen-bond acceptors (Lipinski definition) is 1. The molecule has 0 bridgehead atoms. The Hall–Kier alpha value is -1.64. The van der Waals surface area contributed by atoms with Gasteiger partial charge in [0, 0.05) is 6.61 Å². The molecule has 2 aromatic carbocycles. The Kier molecular flexibility index (Phi) is 6.42. The van der Waals surface area contributed by atoms with Crippen LogP contribution in [-0.2, 0) is 10.8 Å². The van der Waals surface area contributed by atoms with Crippen LogP contribution >= 0.6 is 0 Å². The second-order valence-electron chi connectivity index (χ2n) is 8.25. The molecule has 0 aromatic heterocycles. The second kappa shape index (κ2) is 8.16. The smallest absolute Gasteiger partial charge is 0.191 e. The van der Waals surface area contributed by atoms with Crippen molar-refractivity contribution in [3.05, 3.63) is 77.9 Å². The fourth-order valence-corrected chi connectivity index (χ4v) is 3.59. The first-order chi connectivity index (χ1) is 11.7. The summed E-state index contributed by atoms with van der Waals surface area (Å²) in [5.41, 5.74) is 4.81. The molecule has 0 spiro atoms. The summed E-state index contributed by atoms with van der Waals surface area (Å²) >= 11 is 0. The van der Waals surface area contributed by atoms with Crippen LogP contribution in [-0.4, -0.2) is 14.9 Å². The first kappa shape index (κ1) is 19.7. The van der Waals surface area contributed by atoms with Crippen molar-refractivity contribution in [2.24, 2.45) is 0 Å². The first-order valence-corrected chi connectivity index (χ1v) is 12.1. The van der Waals surface area contributed by atoms with E-state index in [4.69, 9.17) is 4.43 Å². The molecule has 134 valence electrons. The SMILES string of the molecule is C=C(c1ccccc1)c1ccc(CCCO[Si](C)(C)C(C)(C)C)cc1. The van der Waals surface area contributed by atoms with E-state index in [-0.39, 0.29) is 5.04 Å². The Morgan fingerprint density at radius 1 is 0.920 bits per heavy atom. The Morgan fingerprint density at radius 3 is 2.04 bits per heavy atom. The molecule has 2 rings (SSSR count). The quantitative estimate of drug-likeness (QED) is 0.398. The summed E-state index contributed by atoms with van der Waals surface area (Å²) in [6, 6.07) is 19.1. The van der Waals surface area contributed by atoms with Crippen molar-refractivity contribution >= 4 is 13.9 Å². The van der Waals surface area contributed by atoms with E-state index < -0.39 is 8.32 Å². The monoisotopic (exact) mass is 352 g/mol. The van der Waals surface area contributed by atoms with Crippen molar-refractivity contribution in [1.82, 2.24) is 0 Å². The Morgan fingerprint density at radius 2 is 1.48 bits per heavy atom. The van der Waals surface area contributed by atoms with Gasteiger partial charge < -0.3 is 4.43 Å². The molecule has 0 saturated heterocycles. The molecule has 0 amide bonds. The zero-order chi connectivity index (χ0) is 18.5. The standard InChI is InChI=1S/C23H32OSi/c1-19(21-12-8-7-9-13-21)22-16-14-20(15-17-22)11-10-18-24-25(5,6)23(2,3)4/h7-9,12-17H,1,10-11,18H2,2-6H3. The predicted molar refractivity (Wildman–Crippen MR) is 112 cm³/mol. The molecule has 25 heavy (non-hydrogen) atoms. The van der Waals surface area contributed by atoms with Crippen molar-refractivity contribution in [3.8, 4) is 0 Å². The third kappa shape index (κ3) is 5.42. The molecule has 0 atom stereocenters. The summed E-state index contributed by atoms with van der Waals surface area (Å²) in [4.78, 5) is 0. The van der Waals surface area contributed by atoms with Gasteiger partial charge in [-0.3, -0.25) is 0 Å². The van der Waals surface area contributed by atoms with Crippen LogP contribution in [0.4, 0.5) is 0 Å². The van der Waals surface area contributed by atoms with E-state index >= 15 is 0 Å². The van der Waals surface area contributed by atoms with Crippen molar-refractivity contribution < 1.29 is 4.43 Å².